The van der Waals surface area contributed by atoms with Crippen LogP contribution in [0.15, 0.2) is 42.0 Å². The summed E-state index contributed by atoms with van der Waals surface area (Å²) in [4.78, 5) is 26.4. The number of Topliss-reactive ketones (excluding diaryl/α,β-unsaturated/α-hetero) is 1. The summed E-state index contributed by atoms with van der Waals surface area (Å²) in [6, 6.07) is 11.2. The molecule has 1 spiro atoms. The van der Waals surface area contributed by atoms with Gasteiger partial charge in [-0.2, -0.15) is 5.26 Å². The quantitative estimate of drug-likeness (QED) is 0.799. The maximum atomic E-state index is 12.4. The number of nitriles is 1. The highest BCUT2D eigenvalue weighted by Crippen LogP contribution is 2.48. The van der Waals surface area contributed by atoms with E-state index in [0.717, 1.165) is 0 Å². The van der Waals surface area contributed by atoms with Crippen LogP contribution in [-0.4, -0.2) is 29.7 Å². The molecule has 2 aliphatic rings. The predicted octanol–water partition coefficient (Wildman–Crippen LogP) is 2.58. The first-order valence-corrected chi connectivity index (χ1v) is 7.39. The van der Waals surface area contributed by atoms with Crippen molar-refractivity contribution < 1.29 is 9.59 Å². The normalized spacial score (nSPS) is 21.8. The smallest absolute Gasteiger partial charge is 0.253 e. The van der Waals surface area contributed by atoms with Gasteiger partial charge in [0.1, 0.15) is 6.07 Å². The van der Waals surface area contributed by atoms with Crippen molar-refractivity contribution in [2.75, 3.05) is 13.1 Å². The van der Waals surface area contributed by atoms with Gasteiger partial charge in [-0.25, -0.2) is 0 Å². The van der Waals surface area contributed by atoms with E-state index < -0.39 is 5.41 Å². The first-order chi connectivity index (χ1) is 10.4. The number of carbonyl (C=O) groups is 2. The topological polar surface area (TPSA) is 61.2 Å². The molecule has 1 amide bonds. The van der Waals surface area contributed by atoms with Crippen LogP contribution in [0.3, 0.4) is 0 Å². The van der Waals surface area contributed by atoms with Crippen molar-refractivity contribution in [2.45, 2.75) is 20.3 Å². The van der Waals surface area contributed by atoms with E-state index in [4.69, 9.17) is 0 Å². The molecule has 1 aromatic rings. The van der Waals surface area contributed by atoms with Crippen LogP contribution in [0.5, 0.6) is 0 Å². The summed E-state index contributed by atoms with van der Waals surface area (Å²) in [6.07, 6.45) is 2.47. The Morgan fingerprint density at radius 1 is 1.23 bits per heavy atom. The summed E-state index contributed by atoms with van der Waals surface area (Å²) < 4.78 is 0. The standard InChI is InChI=1S/C18H18N2O2/c1-17(2)10-18(8-14(9-19)15(17)21)11-20(12-18)16(22)13-6-4-3-5-7-13/h3-8H,10-12H2,1-2H3. The first kappa shape index (κ1) is 14.5. The SMILES string of the molecule is CC1(C)CC2(C=C(C#N)C1=O)CN(C(=O)c1ccccc1)C2. The first-order valence-electron chi connectivity index (χ1n) is 7.39. The van der Waals surface area contributed by atoms with E-state index in [2.05, 4.69) is 0 Å². The van der Waals surface area contributed by atoms with Crippen molar-refractivity contribution in [1.29, 1.82) is 5.26 Å². The lowest BCUT2D eigenvalue weighted by Gasteiger charge is -2.53. The fourth-order valence-corrected chi connectivity index (χ4v) is 3.65. The molecule has 3 rings (SSSR count). The monoisotopic (exact) mass is 294 g/mol. The molecule has 0 radical (unpaired) electrons. The lowest BCUT2D eigenvalue weighted by Crippen LogP contribution is -2.60. The summed E-state index contributed by atoms with van der Waals surface area (Å²) in [5.41, 5.74) is 0.144. The molecular formula is C18H18N2O2. The van der Waals surface area contributed by atoms with Crippen LogP contribution in [-0.2, 0) is 4.79 Å². The highest BCUT2D eigenvalue weighted by molar-refractivity contribution is 6.04. The van der Waals surface area contributed by atoms with Crippen LogP contribution < -0.4 is 0 Å². The van der Waals surface area contributed by atoms with E-state index in [-0.39, 0.29) is 22.7 Å². The van der Waals surface area contributed by atoms with Crippen molar-refractivity contribution in [3.8, 4) is 6.07 Å². The number of allylic oxidation sites excluding steroid dienone is 1. The maximum Gasteiger partial charge on any atom is 0.253 e. The minimum atomic E-state index is -0.540. The Morgan fingerprint density at radius 2 is 1.86 bits per heavy atom. The van der Waals surface area contributed by atoms with Gasteiger partial charge in [0.05, 0.1) is 5.57 Å². The molecule has 22 heavy (non-hydrogen) atoms. The van der Waals surface area contributed by atoms with E-state index in [0.29, 0.717) is 25.1 Å². The molecule has 4 heteroatoms. The second kappa shape index (κ2) is 4.81. The average molecular weight is 294 g/mol. The molecule has 1 heterocycles. The van der Waals surface area contributed by atoms with Crippen molar-refractivity contribution in [3.63, 3.8) is 0 Å². The highest BCUT2D eigenvalue weighted by atomic mass is 16.2. The van der Waals surface area contributed by atoms with Crippen LogP contribution in [0.4, 0.5) is 0 Å². The maximum absolute atomic E-state index is 12.4. The Balaban J connectivity index is 1.80. The van der Waals surface area contributed by atoms with E-state index in [1.807, 2.05) is 38.1 Å². The van der Waals surface area contributed by atoms with Gasteiger partial charge >= 0.3 is 0 Å². The van der Waals surface area contributed by atoms with Gasteiger partial charge in [0.2, 0.25) is 0 Å². The largest absolute Gasteiger partial charge is 0.337 e. The summed E-state index contributed by atoms with van der Waals surface area (Å²) in [6.45, 7) is 4.90. The average Bonchev–Trinajstić information content (AvgIpc) is 2.47. The third-order valence-electron chi connectivity index (χ3n) is 4.54. The molecule has 1 aromatic carbocycles. The molecular weight excluding hydrogens is 276 g/mol. The lowest BCUT2D eigenvalue weighted by molar-refractivity contribution is -0.127. The Hall–Kier alpha value is -2.41. The van der Waals surface area contributed by atoms with Gasteiger partial charge in [-0.05, 0) is 18.6 Å². The van der Waals surface area contributed by atoms with E-state index in [1.165, 1.54) is 0 Å². The molecule has 1 aliphatic heterocycles. The third kappa shape index (κ3) is 2.23. The summed E-state index contributed by atoms with van der Waals surface area (Å²) >= 11 is 0. The van der Waals surface area contributed by atoms with Crippen molar-refractivity contribution >= 4 is 11.7 Å². The fraction of sp³-hybridized carbons (Fsp3) is 0.389. The van der Waals surface area contributed by atoms with Crippen LogP contribution in [0.1, 0.15) is 30.6 Å². The number of rotatable bonds is 1. The molecule has 4 nitrogen and oxygen atoms in total. The number of hydrogen-bond donors (Lipinski definition) is 0. The predicted molar refractivity (Wildman–Crippen MR) is 81.9 cm³/mol. The van der Waals surface area contributed by atoms with E-state index in [9.17, 15) is 14.9 Å². The van der Waals surface area contributed by atoms with Gasteiger partial charge in [0.25, 0.3) is 5.91 Å². The van der Waals surface area contributed by atoms with Crippen LogP contribution in [0, 0.1) is 22.2 Å². The Labute approximate surface area is 130 Å². The van der Waals surface area contributed by atoms with E-state index in [1.54, 1.807) is 23.1 Å². The molecule has 0 bridgehead atoms. The molecule has 1 aliphatic carbocycles. The zero-order chi connectivity index (χ0) is 16.0. The zero-order valence-electron chi connectivity index (χ0n) is 12.8. The molecule has 0 aromatic heterocycles. The third-order valence-corrected chi connectivity index (χ3v) is 4.54. The van der Waals surface area contributed by atoms with Gasteiger partial charge in [-0.3, -0.25) is 9.59 Å². The summed E-state index contributed by atoms with van der Waals surface area (Å²) in [5.74, 6) is -0.0821. The number of hydrogen-bond acceptors (Lipinski definition) is 3. The molecule has 1 saturated heterocycles. The molecule has 0 unspecified atom stereocenters. The zero-order valence-corrected chi connectivity index (χ0v) is 12.8. The summed E-state index contributed by atoms with van der Waals surface area (Å²) in [5, 5.41) is 9.18. The lowest BCUT2D eigenvalue weighted by atomic mass is 9.61. The second-order valence-corrected chi connectivity index (χ2v) is 6.95. The number of nitrogens with zero attached hydrogens (tertiary/aromatic N) is 2. The van der Waals surface area contributed by atoms with E-state index >= 15 is 0 Å². The Bertz CT molecular complexity index is 704. The van der Waals surface area contributed by atoms with Gasteiger partial charge in [-0.15, -0.1) is 0 Å². The number of amides is 1. The fourth-order valence-electron chi connectivity index (χ4n) is 3.65. The van der Waals surface area contributed by atoms with Gasteiger partial charge in [-0.1, -0.05) is 38.1 Å². The molecule has 0 atom stereocenters. The minimum absolute atomic E-state index is 0.00726. The van der Waals surface area contributed by atoms with Crippen molar-refractivity contribution in [3.05, 3.63) is 47.5 Å². The van der Waals surface area contributed by atoms with Crippen molar-refractivity contribution in [2.24, 2.45) is 10.8 Å². The van der Waals surface area contributed by atoms with Gasteiger partial charge in [0.15, 0.2) is 5.78 Å². The van der Waals surface area contributed by atoms with Gasteiger partial charge in [0, 0.05) is 29.5 Å². The van der Waals surface area contributed by atoms with Crippen LogP contribution >= 0.6 is 0 Å². The Kier molecular flexibility index (Phi) is 3.17. The van der Waals surface area contributed by atoms with Gasteiger partial charge < -0.3 is 4.90 Å². The number of benzene rings is 1. The minimum Gasteiger partial charge on any atom is -0.337 e. The van der Waals surface area contributed by atoms with Crippen molar-refractivity contribution in [1.82, 2.24) is 4.90 Å². The Morgan fingerprint density at radius 3 is 2.45 bits per heavy atom. The number of ketones is 1. The second-order valence-electron chi connectivity index (χ2n) is 6.95. The molecule has 112 valence electrons. The number of likely N-dealkylation sites (tertiary alicyclic amines) is 1. The summed E-state index contributed by atoms with van der Waals surface area (Å²) in [7, 11) is 0. The van der Waals surface area contributed by atoms with Crippen LogP contribution in [0.2, 0.25) is 0 Å². The van der Waals surface area contributed by atoms with Crippen LogP contribution in [0.25, 0.3) is 0 Å². The molecule has 0 saturated carbocycles. The highest BCUT2D eigenvalue weighted by Gasteiger charge is 2.52. The molecule has 1 fully saturated rings. The number of carbonyl (C=O) groups excluding carboxylic acids is 2. The molecule has 0 N–H and O–H groups in total.